The van der Waals surface area contributed by atoms with Crippen LogP contribution in [0.5, 0.6) is 0 Å². The van der Waals surface area contributed by atoms with Crippen LogP contribution in [-0.4, -0.2) is 31.1 Å². The van der Waals surface area contributed by atoms with Gasteiger partial charge in [0.2, 0.25) is 0 Å². The Bertz CT molecular complexity index is 371. The first kappa shape index (κ1) is 11.2. The van der Waals surface area contributed by atoms with Gasteiger partial charge in [-0.25, -0.2) is 0 Å². The number of thiophene rings is 1. The second-order valence-corrected chi connectivity index (χ2v) is 7.44. The van der Waals surface area contributed by atoms with E-state index in [1.807, 2.05) is 0 Å². The first-order valence-electron chi connectivity index (χ1n) is 5.92. The van der Waals surface area contributed by atoms with Gasteiger partial charge < -0.3 is 5.32 Å². The third-order valence-electron chi connectivity index (χ3n) is 3.88. The molecule has 2 aliphatic rings. The molecule has 1 aromatic heterocycles. The number of likely N-dealkylation sites (tertiary alicyclic amines) is 1. The first-order chi connectivity index (χ1) is 7.76. The summed E-state index contributed by atoms with van der Waals surface area (Å²) in [5.74, 6) is 0. The molecule has 4 heteroatoms. The van der Waals surface area contributed by atoms with E-state index >= 15 is 0 Å². The van der Waals surface area contributed by atoms with E-state index in [4.69, 9.17) is 0 Å². The third-order valence-corrected chi connectivity index (χ3v) is 5.43. The topological polar surface area (TPSA) is 15.3 Å². The molecular weight excluding hydrogens is 284 g/mol. The summed E-state index contributed by atoms with van der Waals surface area (Å²) in [6.07, 6.45) is 2.75. The lowest BCUT2D eigenvalue weighted by Gasteiger charge is -2.22. The molecule has 0 aromatic carbocycles. The number of halogens is 1. The molecule has 88 valence electrons. The van der Waals surface area contributed by atoms with Crippen LogP contribution in [0.25, 0.3) is 0 Å². The molecule has 1 N–H and O–H groups in total. The highest BCUT2D eigenvalue weighted by Gasteiger charge is 2.39. The molecule has 3 heterocycles. The summed E-state index contributed by atoms with van der Waals surface area (Å²) in [5, 5.41) is 5.78. The number of hydrogen-bond donors (Lipinski definition) is 1. The average molecular weight is 301 g/mol. The predicted octanol–water partition coefficient (Wildman–Crippen LogP) is 2.70. The molecule has 2 fully saturated rings. The van der Waals surface area contributed by atoms with Gasteiger partial charge in [-0.15, -0.1) is 11.3 Å². The first-order valence-corrected chi connectivity index (χ1v) is 7.59. The van der Waals surface area contributed by atoms with E-state index in [2.05, 4.69) is 37.6 Å². The monoisotopic (exact) mass is 300 g/mol. The van der Waals surface area contributed by atoms with Crippen LogP contribution in [0.3, 0.4) is 0 Å². The minimum atomic E-state index is 0.604. The predicted molar refractivity (Wildman–Crippen MR) is 71.8 cm³/mol. The lowest BCUT2D eigenvalue weighted by Crippen LogP contribution is -2.28. The summed E-state index contributed by atoms with van der Waals surface area (Å²) >= 11 is 5.32. The maximum atomic E-state index is 3.53. The Morgan fingerprint density at radius 2 is 2.44 bits per heavy atom. The maximum absolute atomic E-state index is 3.53. The van der Waals surface area contributed by atoms with Crippen LogP contribution in [0.15, 0.2) is 15.2 Å². The molecule has 0 saturated carbocycles. The van der Waals surface area contributed by atoms with Gasteiger partial charge in [0, 0.05) is 19.6 Å². The fourth-order valence-electron chi connectivity index (χ4n) is 2.99. The lowest BCUT2D eigenvalue weighted by molar-refractivity contribution is 0.269. The van der Waals surface area contributed by atoms with E-state index in [9.17, 15) is 0 Å². The van der Waals surface area contributed by atoms with Crippen molar-refractivity contribution in [2.24, 2.45) is 5.41 Å². The Morgan fingerprint density at radius 1 is 1.50 bits per heavy atom. The van der Waals surface area contributed by atoms with Crippen molar-refractivity contribution in [1.29, 1.82) is 0 Å². The number of rotatable bonds is 2. The number of nitrogens with zero attached hydrogens (tertiary/aromatic N) is 1. The van der Waals surface area contributed by atoms with Crippen LogP contribution in [0.4, 0.5) is 0 Å². The van der Waals surface area contributed by atoms with Gasteiger partial charge in [0.15, 0.2) is 0 Å². The van der Waals surface area contributed by atoms with Gasteiger partial charge in [-0.05, 0) is 64.3 Å². The van der Waals surface area contributed by atoms with E-state index in [1.165, 1.54) is 48.4 Å². The van der Waals surface area contributed by atoms with Crippen molar-refractivity contribution < 1.29 is 0 Å². The van der Waals surface area contributed by atoms with Crippen LogP contribution in [0.1, 0.15) is 18.4 Å². The van der Waals surface area contributed by atoms with Gasteiger partial charge in [0.1, 0.15) is 0 Å². The minimum Gasteiger partial charge on any atom is -0.316 e. The molecule has 0 bridgehead atoms. The largest absolute Gasteiger partial charge is 0.316 e. The number of nitrogens with one attached hydrogen (secondary N) is 1. The molecular formula is C12H17BrN2S. The fraction of sp³-hybridized carbons (Fsp3) is 0.667. The van der Waals surface area contributed by atoms with Crippen LogP contribution >= 0.6 is 27.3 Å². The third kappa shape index (κ3) is 2.21. The fourth-order valence-corrected chi connectivity index (χ4v) is 4.19. The lowest BCUT2D eigenvalue weighted by atomic mass is 9.87. The van der Waals surface area contributed by atoms with Crippen LogP contribution < -0.4 is 5.32 Å². The molecule has 3 rings (SSSR count). The quantitative estimate of drug-likeness (QED) is 0.903. The van der Waals surface area contributed by atoms with Crippen molar-refractivity contribution in [1.82, 2.24) is 10.2 Å². The second kappa shape index (κ2) is 4.41. The van der Waals surface area contributed by atoms with Gasteiger partial charge in [-0.1, -0.05) is 0 Å². The highest BCUT2D eigenvalue weighted by atomic mass is 79.9. The summed E-state index contributed by atoms with van der Waals surface area (Å²) in [6, 6.07) is 2.25. The molecule has 2 saturated heterocycles. The van der Waals surface area contributed by atoms with Crippen molar-refractivity contribution in [3.05, 3.63) is 20.8 Å². The minimum absolute atomic E-state index is 0.604. The summed E-state index contributed by atoms with van der Waals surface area (Å²) in [7, 11) is 0. The standard InChI is InChI=1S/C12H17BrN2S/c13-11-5-10(7-16-11)6-15-4-2-12(9-15)1-3-14-8-12/h5,7,14H,1-4,6,8-9H2. The second-order valence-electron chi connectivity index (χ2n) is 5.15. The van der Waals surface area contributed by atoms with Gasteiger partial charge in [-0.3, -0.25) is 4.90 Å². The van der Waals surface area contributed by atoms with Crippen molar-refractivity contribution in [2.75, 3.05) is 26.2 Å². The van der Waals surface area contributed by atoms with Crippen LogP contribution in [0, 0.1) is 5.41 Å². The average Bonchev–Trinajstić information content (AvgIpc) is 2.94. The van der Waals surface area contributed by atoms with Crippen molar-refractivity contribution in [2.45, 2.75) is 19.4 Å². The van der Waals surface area contributed by atoms with Crippen molar-refractivity contribution in [3.8, 4) is 0 Å². The van der Waals surface area contributed by atoms with Crippen molar-refractivity contribution >= 4 is 27.3 Å². The Labute approximate surface area is 109 Å². The summed E-state index contributed by atoms with van der Waals surface area (Å²) < 4.78 is 1.25. The molecule has 0 amide bonds. The molecule has 1 aromatic rings. The highest BCUT2D eigenvalue weighted by molar-refractivity contribution is 9.11. The van der Waals surface area contributed by atoms with Crippen LogP contribution in [-0.2, 0) is 6.54 Å². The van der Waals surface area contributed by atoms with E-state index in [0.717, 1.165) is 6.54 Å². The van der Waals surface area contributed by atoms with Gasteiger partial charge in [0.05, 0.1) is 3.79 Å². The molecule has 1 atom stereocenters. The molecule has 16 heavy (non-hydrogen) atoms. The summed E-state index contributed by atoms with van der Waals surface area (Å²) in [6.45, 7) is 6.14. The molecule has 0 radical (unpaired) electrons. The van der Waals surface area contributed by atoms with E-state index in [0.29, 0.717) is 5.41 Å². The molecule has 1 spiro atoms. The van der Waals surface area contributed by atoms with E-state index in [1.54, 1.807) is 11.3 Å². The Kier molecular flexibility index (Phi) is 3.09. The SMILES string of the molecule is Brc1cc(CN2CCC3(CCNC3)C2)cs1. The van der Waals surface area contributed by atoms with E-state index in [-0.39, 0.29) is 0 Å². The van der Waals surface area contributed by atoms with Crippen LogP contribution in [0.2, 0.25) is 0 Å². The number of hydrogen-bond acceptors (Lipinski definition) is 3. The van der Waals surface area contributed by atoms with E-state index < -0.39 is 0 Å². The Hall–Kier alpha value is 0.1000. The van der Waals surface area contributed by atoms with Gasteiger partial charge in [-0.2, -0.15) is 0 Å². The summed E-state index contributed by atoms with van der Waals surface area (Å²) in [5.41, 5.74) is 2.06. The zero-order chi connectivity index (χ0) is 11.0. The Balaban J connectivity index is 1.61. The highest BCUT2D eigenvalue weighted by Crippen LogP contribution is 2.36. The smallest absolute Gasteiger partial charge is 0.0701 e. The molecule has 1 unspecified atom stereocenters. The summed E-state index contributed by atoms with van der Waals surface area (Å²) in [4.78, 5) is 2.61. The molecule has 2 aliphatic heterocycles. The zero-order valence-corrected chi connectivity index (χ0v) is 11.7. The normalized spacial score (nSPS) is 30.6. The molecule has 0 aliphatic carbocycles. The zero-order valence-electron chi connectivity index (χ0n) is 9.34. The van der Waals surface area contributed by atoms with Crippen molar-refractivity contribution in [3.63, 3.8) is 0 Å². The van der Waals surface area contributed by atoms with Gasteiger partial charge >= 0.3 is 0 Å². The maximum Gasteiger partial charge on any atom is 0.0701 e. The van der Waals surface area contributed by atoms with Gasteiger partial charge in [0.25, 0.3) is 0 Å². The molecule has 2 nitrogen and oxygen atoms in total. The Morgan fingerprint density at radius 3 is 3.12 bits per heavy atom.